The van der Waals surface area contributed by atoms with Crippen LogP contribution < -0.4 is 0 Å². The molecule has 7 atom stereocenters. The summed E-state index contributed by atoms with van der Waals surface area (Å²) in [5.41, 5.74) is -3.66. The van der Waals surface area contributed by atoms with Crippen LogP contribution in [0.2, 0.25) is 0 Å². The summed E-state index contributed by atoms with van der Waals surface area (Å²) < 4.78 is 51.4. The molecule has 14 heteroatoms. The van der Waals surface area contributed by atoms with Crippen molar-refractivity contribution in [2.24, 2.45) is 10.8 Å². The van der Waals surface area contributed by atoms with E-state index >= 15 is 0 Å². The second-order valence-corrected chi connectivity index (χ2v) is 12.4. The molecule has 43 heavy (non-hydrogen) atoms. The zero-order valence-electron chi connectivity index (χ0n) is 26.3. The molecule has 0 aromatic heterocycles. The van der Waals surface area contributed by atoms with Gasteiger partial charge in [-0.1, -0.05) is 6.08 Å². The predicted molar refractivity (Wildman–Crippen MR) is 146 cm³/mol. The molecule has 2 saturated heterocycles. The first kappa shape index (κ1) is 36.1. The SMILES string of the molecule is C=CCO[C@H]1OC[C@@H](OC(=O)C(C)(C)C)[C@H](O[C@@H]2OC[C@@](COC(C)=O)(OC(C)=O)[C@H]2OC(C)=O)[C@H]1OC(=O)C(C)(C)C. The Kier molecular flexibility index (Phi) is 12.3. The Morgan fingerprint density at radius 2 is 1.42 bits per heavy atom. The van der Waals surface area contributed by atoms with Crippen LogP contribution in [-0.2, 0) is 66.6 Å². The number of carbonyl (C=O) groups is 5. The molecule has 0 saturated carbocycles. The molecule has 0 bridgehead atoms. The van der Waals surface area contributed by atoms with Gasteiger partial charge in [0.1, 0.15) is 12.7 Å². The molecule has 0 unspecified atom stereocenters. The average molecular weight is 617 g/mol. The van der Waals surface area contributed by atoms with Gasteiger partial charge in [-0.05, 0) is 41.5 Å². The van der Waals surface area contributed by atoms with E-state index in [0.29, 0.717) is 0 Å². The molecule has 2 fully saturated rings. The molecule has 0 aliphatic carbocycles. The van der Waals surface area contributed by atoms with Crippen LogP contribution in [0.3, 0.4) is 0 Å². The lowest BCUT2D eigenvalue weighted by Crippen LogP contribution is -2.61. The fraction of sp³-hybridized carbons (Fsp3) is 0.759. The average Bonchev–Trinajstić information content (AvgIpc) is 3.18. The Bertz CT molecular complexity index is 1040. The van der Waals surface area contributed by atoms with E-state index in [1.165, 1.54) is 6.08 Å². The lowest BCUT2D eigenvalue weighted by atomic mass is 9.95. The van der Waals surface area contributed by atoms with Gasteiger partial charge in [0.2, 0.25) is 5.60 Å². The first-order chi connectivity index (χ1) is 19.8. The highest BCUT2D eigenvalue weighted by Gasteiger charge is 2.59. The highest BCUT2D eigenvalue weighted by molar-refractivity contribution is 5.76. The number of hydrogen-bond acceptors (Lipinski definition) is 14. The van der Waals surface area contributed by atoms with Crippen molar-refractivity contribution in [3.63, 3.8) is 0 Å². The van der Waals surface area contributed by atoms with Gasteiger partial charge in [0.25, 0.3) is 0 Å². The minimum atomic E-state index is -1.78. The van der Waals surface area contributed by atoms with Gasteiger partial charge in [0.05, 0.1) is 30.7 Å². The number of carbonyl (C=O) groups excluding carboxylic acids is 5. The van der Waals surface area contributed by atoms with Crippen LogP contribution in [0.15, 0.2) is 12.7 Å². The van der Waals surface area contributed by atoms with Crippen molar-refractivity contribution in [2.75, 3.05) is 26.4 Å². The van der Waals surface area contributed by atoms with Crippen LogP contribution in [0.1, 0.15) is 62.3 Å². The first-order valence-corrected chi connectivity index (χ1v) is 13.8. The van der Waals surface area contributed by atoms with Crippen LogP contribution in [0.5, 0.6) is 0 Å². The van der Waals surface area contributed by atoms with Gasteiger partial charge in [0, 0.05) is 20.8 Å². The molecule has 0 N–H and O–H groups in total. The van der Waals surface area contributed by atoms with E-state index in [1.807, 2.05) is 0 Å². The van der Waals surface area contributed by atoms with Gasteiger partial charge in [-0.2, -0.15) is 0 Å². The molecule has 0 amide bonds. The molecule has 2 rings (SSSR count). The molecule has 0 spiro atoms. The van der Waals surface area contributed by atoms with Gasteiger partial charge in [-0.15, -0.1) is 6.58 Å². The number of rotatable bonds is 11. The third-order valence-electron chi connectivity index (χ3n) is 6.20. The van der Waals surface area contributed by atoms with Crippen LogP contribution >= 0.6 is 0 Å². The van der Waals surface area contributed by atoms with E-state index in [0.717, 1.165) is 20.8 Å². The zero-order chi connectivity index (χ0) is 32.8. The van der Waals surface area contributed by atoms with Crippen LogP contribution in [0.4, 0.5) is 0 Å². The molecular weight excluding hydrogens is 572 g/mol. The molecule has 2 aliphatic rings. The van der Waals surface area contributed by atoms with Crippen LogP contribution in [0.25, 0.3) is 0 Å². The summed E-state index contributed by atoms with van der Waals surface area (Å²) in [6.45, 7) is 15.8. The third kappa shape index (κ3) is 9.98. The molecule has 14 nitrogen and oxygen atoms in total. The van der Waals surface area contributed by atoms with Crippen LogP contribution in [0, 0.1) is 10.8 Å². The van der Waals surface area contributed by atoms with E-state index in [2.05, 4.69) is 6.58 Å². The van der Waals surface area contributed by atoms with E-state index in [1.54, 1.807) is 41.5 Å². The Labute approximate surface area is 251 Å². The highest BCUT2D eigenvalue weighted by atomic mass is 16.8. The van der Waals surface area contributed by atoms with E-state index in [4.69, 9.17) is 42.6 Å². The maximum absolute atomic E-state index is 13.1. The Balaban J connectivity index is 2.59. The summed E-state index contributed by atoms with van der Waals surface area (Å²) in [6, 6.07) is 0. The normalized spacial score (nSPS) is 29.2. The molecule has 0 aromatic carbocycles. The van der Waals surface area contributed by atoms with Crippen molar-refractivity contribution in [2.45, 2.75) is 105 Å². The quantitative estimate of drug-likeness (QED) is 0.188. The minimum Gasteiger partial charge on any atom is -0.461 e. The Morgan fingerprint density at radius 3 is 1.93 bits per heavy atom. The van der Waals surface area contributed by atoms with Crippen LogP contribution in [-0.4, -0.2) is 98.9 Å². The van der Waals surface area contributed by atoms with Crippen molar-refractivity contribution in [3.05, 3.63) is 12.7 Å². The van der Waals surface area contributed by atoms with Crippen molar-refractivity contribution in [1.29, 1.82) is 0 Å². The maximum atomic E-state index is 13.1. The lowest BCUT2D eigenvalue weighted by Gasteiger charge is -2.43. The van der Waals surface area contributed by atoms with Gasteiger partial charge in [-0.25, -0.2) is 0 Å². The number of hydrogen-bond donors (Lipinski definition) is 0. The number of esters is 5. The second kappa shape index (κ2) is 14.6. The highest BCUT2D eigenvalue weighted by Crippen LogP contribution is 2.37. The summed E-state index contributed by atoms with van der Waals surface area (Å²) in [5.74, 6) is -3.49. The lowest BCUT2D eigenvalue weighted by molar-refractivity contribution is -0.311. The van der Waals surface area contributed by atoms with Crippen molar-refractivity contribution in [3.8, 4) is 0 Å². The first-order valence-electron chi connectivity index (χ1n) is 13.8. The Morgan fingerprint density at radius 1 is 0.814 bits per heavy atom. The predicted octanol–water partition coefficient (Wildman–Crippen LogP) is 2.00. The minimum absolute atomic E-state index is 0.0152. The topological polar surface area (TPSA) is 168 Å². The summed E-state index contributed by atoms with van der Waals surface area (Å²) in [6.07, 6.45) is -6.44. The smallest absolute Gasteiger partial charge is 0.311 e. The summed E-state index contributed by atoms with van der Waals surface area (Å²) in [5, 5.41) is 0. The summed E-state index contributed by atoms with van der Waals surface area (Å²) >= 11 is 0. The standard InChI is InChI=1S/C29H44O14/c1-11-12-35-23-21(42-26(34)28(8,9)10)20(19(13-36-23)40-25(33)27(5,6)7)41-24-22(39-17(3)31)29(15-38-24,43-18(4)32)14-37-16(2)30/h11,19-24H,1,12-15H2,2-10H3/t19-,20+,21-,22+,23+,24+,29-/m1/s1. The molecular formula is C29H44O14. The van der Waals surface area contributed by atoms with Crippen molar-refractivity contribution in [1.82, 2.24) is 0 Å². The third-order valence-corrected chi connectivity index (χ3v) is 6.20. The second-order valence-electron chi connectivity index (χ2n) is 12.4. The van der Waals surface area contributed by atoms with Gasteiger partial charge in [0.15, 0.2) is 30.9 Å². The summed E-state index contributed by atoms with van der Waals surface area (Å²) in [7, 11) is 0. The van der Waals surface area contributed by atoms with Gasteiger partial charge < -0.3 is 42.6 Å². The fourth-order valence-electron chi connectivity index (χ4n) is 4.05. The van der Waals surface area contributed by atoms with E-state index in [-0.39, 0.29) is 13.2 Å². The molecule has 244 valence electrons. The molecule has 0 aromatic rings. The Hall–Kier alpha value is -3.07. The maximum Gasteiger partial charge on any atom is 0.311 e. The zero-order valence-corrected chi connectivity index (χ0v) is 26.3. The largest absolute Gasteiger partial charge is 0.461 e. The molecule has 2 aliphatic heterocycles. The fourth-order valence-corrected chi connectivity index (χ4v) is 4.05. The monoisotopic (exact) mass is 616 g/mol. The van der Waals surface area contributed by atoms with E-state index < -0.39 is 96.5 Å². The van der Waals surface area contributed by atoms with Gasteiger partial charge in [-0.3, -0.25) is 24.0 Å². The number of ether oxygens (including phenoxy) is 9. The molecule has 2 heterocycles. The van der Waals surface area contributed by atoms with Crippen molar-refractivity contribution < 1.29 is 66.6 Å². The van der Waals surface area contributed by atoms with E-state index in [9.17, 15) is 24.0 Å². The summed E-state index contributed by atoms with van der Waals surface area (Å²) in [4.78, 5) is 62.0. The van der Waals surface area contributed by atoms with Crippen molar-refractivity contribution >= 4 is 29.8 Å². The molecule has 0 radical (unpaired) electrons. The van der Waals surface area contributed by atoms with Gasteiger partial charge >= 0.3 is 29.8 Å².